The fourth-order valence-electron chi connectivity index (χ4n) is 2.03. The molecule has 7 heteroatoms. The van der Waals surface area contributed by atoms with Crippen LogP contribution in [0.1, 0.15) is 10.5 Å². The van der Waals surface area contributed by atoms with Gasteiger partial charge >= 0.3 is 0 Å². The number of hydrogen-bond acceptors (Lipinski definition) is 3. The average Bonchev–Trinajstić information content (AvgIpc) is 3.01. The zero-order valence-electron chi connectivity index (χ0n) is 11.5. The van der Waals surface area contributed by atoms with Gasteiger partial charge in [0, 0.05) is 10.0 Å². The molecular formula is C16H9BrClFN2O2. The number of rotatable bonds is 3. The molecule has 0 fully saturated rings. The summed E-state index contributed by atoms with van der Waals surface area (Å²) in [5.74, 6) is -0.935. The van der Waals surface area contributed by atoms with Gasteiger partial charge in [-0.05, 0) is 40.2 Å². The molecule has 0 radical (unpaired) electrons. The number of amides is 1. The Kier molecular flexibility index (Phi) is 4.45. The van der Waals surface area contributed by atoms with Crippen LogP contribution >= 0.6 is 27.5 Å². The lowest BCUT2D eigenvalue weighted by molar-refractivity contribution is 0.102. The number of benzene rings is 2. The van der Waals surface area contributed by atoms with E-state index >= 15 is 0 Å². The SMILES string of the molecule is O=C(Nc1c(F)cccc1Br)c1ncoc1-c1ccccc1Cl. The van der Waals surface area contributed by atoms with Gasteiger partial charge in [0.15, 0.2) is 17.8 Å². The summed E-state index contributed by atoms with van der Waals surface area (Å²) in [7, 11) is 0. The maximum Gasteiger partial charge on any atom is 0.278 e. The van der Waals surface area contributed by atoms with Crippen LogP contribution in [0.15, 0.2) is 57.7 Å². The molecular weight excluding hydrogens is 387 g/mol. The summed E-state index contributed by atoms with van der Waals surface area (Å²) in [4.78, 5) is 16.3. The van der Waals surface area contributed by atoms with Crippen molar-refractivity contribution >= 4 is 39.1 Å². The first kappa shape index (κ1) is 15.7. The number of nitrogens with one attached hydrogen (secondary N) is 1. The van der Waals surface area contributed by atoms with E-state index in [1.54, 1.807) is 30.3 Å². The van der Waals surface area contributed by atoms with Crippen molar-refractivity contribution in [1.29, 1.82) is 0 Å². The summed E-state index contributed by atoms with van der Waals surface area (Å²) in [6.45, 7) is 0. The Morgan fingerprint density at radius 3 is 2.74 bits per heavy atom. The van der Waals surface area contributed by atoms with Crippen molar-refractivity contribution in [3.05, 3.63) is 69.9 Å². The van der Waals surface area contributed by atoms with Crippen molar-refractivity contribution in [3.8, 4) is 11.3 Å². The number of halogens is 3. The number of para-hydroxylation sites is 1. The van der Waals surface area contributed by atoms with Gasteiger partial charge in [-0.15, -0.1) is 0 Å². The van der Waals surface area contributed by atoms with Gasteiger partial charge < -0.3 is 9.73 Å². The monoisotopic (exact) mass is 394 g/mol. The van der Waals surface area contributed by atoms with E-state index in [1.807, 2.05) is 0 Å². The van der Waals surface area contributed by atoms with Crippen LogP contribution in [0.3, 0.4) is 0 Å². The minimum atomic E-state index is -0.598. The maximum atomic E-state index is 13.8. The van der Waals surface area contributed by atoms with E-state index in [1.165, 1.54) is 12.1 Å². The third-order valence-corrected chi connectivity index (χ3v) is 4.09. The molecule has 0 atom stereocenters. The van der Waals surface area contributed by atoms with Crippen molar-refractivity contribution in [1.82, 2.24) is 4.98 Å². The van der Waals surface area contributed by atoms with E-state index in [-0.39, 0.29) is 17.1 Å². The molecule has 1 aromatic heterocycles. The standard InChI is InChI=1S/C16H9BrClFN2O2/c17-10-5-3-7-12(19)13(10)21-16(22)14-15(23-8-20-14)9-4-1-2-6-11(9)18/h1-8H,(H,21,22). The van der Waals surface area contributed by atoms with E-state index in [0.29, 0.717) is 15.1 Å². The van der Waals surface area contributed by atoms with Gasteiger partial charge in [0.25, 0.3) is 5.91 Å². The van der Waals surface area contributed by atoms with Crippen LogP contribution in [0.2, 0.25) is 5.02 Å². The Bertz CT molecular complexity index is 862. The fourth-order valence-corrected chi connectivity index (χ4v) is 2.70. The van der Waals surface area contributed by atoms with E-state index in [0.717, 1.165) is 6.39 Å². The Balaban J connectivity index is 1.96. The molecule has 0 aliphatic carbocycles. The second kappa shape index (κ2) is 6.52. The van der Waals surface area contributed by atoms with E-state index in [4.69, 9.17) is 16.0 Å². The maximum absolute atomic E-state index is 13.8. The molecule has 0 bridgehead atoms. The lowest BCUT2D eigenvalue weighted by Crippen LogP contribution is -2.15. The molecule has 0 spiro atoms. The van der Waals surface area contributed by atoms with Crippen molar-refractivity contribution in [3.63, 3.8) is 0 Å². The van der Waals surface area contributed by atoms with Gasteiger partial charge in [-0.25, -0.2) is 9.37 Å². The number of oxazole rings is 1. The molecule has 23 heavy (non-hydrogen) atoms. The zero-order chi connectivity index (χ0) is 16.4. The summed E-state index contributed by atoms with van der Waals surface area (Å²) < 4.78 is 19.5. The highest BCUT2D eigenvalue weighted by molar-refractivity contribution is 9.10. The molecule has 0 aliphatic rings. The normalized spacial score (nSPS) is 10.6. The lowest BCUT2D eigenvalue weighted by atomic mass is 10.1. The van der Waals surface area contributed by atoms with Gasteiger partial charge in [0.2, 0.25) is 0 Å². The minimum absolute atomic E-state index is 0.0215. The minimum Gasteiger partial charge on any atom is -0.443 e. The Labute approximate surface area is 144 Å². The highest BCUT2D eigenvalue weighted by Crippen LogP contribution is 2.31. The smallest absolute Gasteiger partial charge is 0.278 e. The predicted octanol–water partition coefficient (Wildman–Crippen LogP) is 5.15. The first-order valence-corrected chi connectivity index (χ1v) is 7.69. The zero-order valence-corrected chi connectivity index (χ0v) is 13.9. The van der Waals surface area contributed by atoms with E-state index in [2.05, 4.69) is 26.2 Å². The number of nitrogens with zero attached hydrogens (tertiary/aromatic N) is 1. The fraction of sp³-hybridized carbons (Fsp3) is 0. The van der Waals surface area contributed by atoms with Crippen LogP contribution in [0.4, 0.5) is 10.1 Å². The third-order valence-electron chi connectivity index (χ3n) is 3.10. The number of hydrogen-bond donors (Lipinski definition) is 1. The van der Waals surface area contributed by atoms with Gasteiger partial charge in [-0.2, -0.15) is 0 Å². The van der Waals surface area contributed by atoms with Crippen LogP contribution in [0.25, 0.3) is 11.3 Å². The largest absolute Gasteiger partial charge is 0.443 e. The van der Waals surface area contributed by atoms with Gasteiger partial charge in [0.05, 0.1) is 10.7 Å². The van der Waals surface area contributed by atoms with Crippen LogP contribution in [-0.2, 0) is 0 Å². The molecule has 2 aromatic carbocycles. The lowest BCUT2D eigenvalue weighted by Gasteiger charge is -2.08. The highest BCUT2D eigenvalue weighted by atomic mass is 79.9. The van der Waals surface area contributed by atoms with Crippen molar-refractivity contribution in [2.45, 2.75) is 0 Å². The first-order valence-electron chi connectivity index (χ1n) is 6.51. The average molecular weight is 396 g/mol. The second-order valence-electron chi connectivity index (χ2n) is 4.56. The van der Waals surface area contributed by atoms with Gasteiger partial charge in [0.1, 0.15) is 5.82 Å². The molecule has 1 N–H and O–H groups in total. The molecule has 1 amide bonds. The summed E-state index contributed by atoms with van der Waals surface area (Å²) >= 11 is 9.31. The van der Waals surface area contributed by atoms with Crippen molar-refractivity contribution < 1.29 is 13.6 Å². The molecule has 0 aliphatic heterocycles. The van der Waals surface area contributed by atoms with Gasteiger partial charge in [-0.3, -0.25) is 4.79 Å². The van der Waals surface area contributed by atoms with Crippen molar-refractivity contribution in [2.75, 3.05) is 5.32 Å². The second-order valence-corrected chi connectivity index (χ2v) is 5.82. The molecule has 3 rings (SSSR count). The van der Waals surface area contributed by atoms with Crippen LogP contribution < -0.4 is 5.32 Å². The summed E-state index contributed by atoms with van der Waals surface area (Å²) in [5, 5.41) is 2.91. The van der Waals surface area contributed by atoms with Crippen LogP contribution in [0.5, 0.6) is 0 Å². The Morgan fingerprint density at radius 1 is 1.22 bits per heavy atom. The quantitative estimate of drug-likeness (QED) is 0.667. The Hall–Kier alpha value is -2.18. The van der Waals surface area contributed by atoms with Crippen molar-refractivity contribution in [2.24, 2.45) is 0 Å². The third kappa shape index (κ3) is 3.13. The molecule has 0 saturated heterocycles. The molecule has 4 nitrogen and oxygen atoms in total. The van der Waals surface area contributed by atoms with Crippen LogP contribution in [-0.4, -0.2) is 10.9 Å². The molecule has 0 saturated carbocycles. The van der Waals surface area contributed by atoms with E-state index in [9.17, 15) is 9.18 Å². The number of carbonyl (C=O) groups is 1. The number of aromatic nitrogens is 1. The molecule has 3 aromatic rings. The summed E-state index contributed by atoms with van der Waals surface area (Å²) in [6, 6.07) is 11.3. The Morgan fingerprint density at radius 2 is 2.00 bits per heavy atom. The summed E-state index contributed by atoms with van der Waals surface area (Å²) in [6.07, 6.45) is 1.14. The summed E-state index contributed by atoms with van der Waals surface area (Å²) in [5.41, 5.74) is 0.586. The number of carbonyl (C=O) groups excluding carboxylic acids is 1. The van der Waals surface area contributed by atoms with E-state index < -0.39 is 11.7 Å². The molecule has 0 unspecified atom stereocenters. The highest BCUT2D eigenvalue weighted by Gasteiger charge is 2.21. The predicted molar refractivity (Wildman–Crippen MR) is 89.0 cm³/mol. The first-order chi connectivity index (χ1) is 11.1. The number of anilines is 1. The molecule has 1 heterocycles. The van der Waals surface area contributed by atoms with Gasteiger partial charge in [-0.1, -0.05) is 29.8 Å². The topological polar surface area (TPSA) is 55.1 Å². The van der Waals surface area contributed by atoms with Crippen LogP contribution in [0, 0.1) is 5.82 Å². The molecule has 116 valence electrons.